The van der Waals surface area contributed by atoms with E-state index in [1.165, 1.54) is 6.92 Å². The molecule has 3 aromatic rings. The van der Waals surface area contributed by atoms with Gasteiger partial charge in [0, 0.05) is 6.16 Å². The molecule has 0 aromatic heterocycles. The van der Waals surface area contributed by atoms with Crippen molar-refractivity contribution in [2.75, 3.05) is 6.16 Å². The van der Waals surface area contributed by atoms with Crippen molar-refractivity contribution in [3.05, 3.63) is 96.1 Å². The van der Waals surface area contributed by atoms with E-state index in [4.69, 9.17) is 5.73 Å². The Balaban J connectivity index is 1.82. The van der Waals surface area contributed by atoms with Crippen molar-refractivity contribution in [1.29, 1.82) is 0 Å². The Morgan fingerprint density at radius 1 is 0.912 bits per heavy atom. The highest BCUT2D eigenvalue weighted by Crippen LogP contribution is 2.54. The summed E-state index contributed by atoms with van der Waals surface area (Å²) in [6, 6.07) is 24.8. The standard InChI is InChI=1S/C26H29N2O5P/c1-18(26(30)31)28-25(29)23(17-34(32,33)24(27)22-10-6-3-7-11-22)16-19-12-14-21(15-13-19)20-8-4-2-5-9-20/h2-15,18,23-24H,16-17,27H2,1H3,(H,28,29)(H,30,31)(H,32,33)/t18-,23+,24+/m0/s1. The molecule has 0 heterocycles. The summed E-state index contributed by atoms with van der Waals surface area (Å²) in [6.45, 7) is 1.35. The fourth-order valence-electron chi connectivity index (χ4n) is 3.69. The molecule has 4 atom stereocenters. The van der Waals surface area contributed by atoms with Crippen LogP contribution in [0.2, 0.25) is 0 Å². The molecule has 34 heavy (non-hydrogen) atoms. The molecule has 1 amide bonds. The lowest BCUT2D eigenvalue weighted by Crippen LogP contribution is -2.43. The van der Waals surface area contributed by atoms with Crippen molar-refractivity contribution in [3.8, 4) is 11.1 Å². The van der Waals surface area contributed by atoms with E-state index in [9.17, 15) is 24.2 Å². The van der Waals surface area contributed by atoms with Crippen LogP contribution in [0.1, 0.15) is 23.8 Å². The van der Waals surface area contributed by atoms with Crippen molar-refractivity contribution in [1.82, 2.24) is 5.32 Å². The summed E-state index contributed by atoms with van der Waals surface area (Å²) in [5, 5.41) is 11.6. The van der Waals surface area contributed by atoms with Crippen molar-refractivity contribution >= 4 is 19.2 Å². The summed E-state index contributed by atoms with van der Waals surface area (Å²) in [5.74, 6) is -3.87. The molecule has 0 saturated carbocycles. The minimum Gasteiger partial charge on any atom is -0.480 e. The second-order valence-electron chi connectivity index (χ2n) is 8.33. The predicted molar refractivity (Wildman–Crippen MR) is 132 cm³/mol. The third-order valence-corrected chi connectivity index (χ3v) is 7.83. The first-order valence-corrected chi connectivity index (χ1v) is 12.9. The van der Waals surface area contributed by atoms with Gasteiger partial charge in [-0.05, 0) is 35.6 Å². The van der Waals surface area contributed by atoms with Gasteiger partial charge in [-0.15, -0.1) is 0 Å². The van der Waals surface area contributed by atoms with Gasteiger partial charge in [-0.3, -0.25) is 14.2 Å². The van der Waals surface area contributed by atoms with Gasteiger partial charge in [0.25, 0.3) is 0 Å². The summed E-state index contributed by atoms with van der Waals surface area (Å²) >= 11 is 0. The fourth-order valence-corrected chi connectivity index (χ4v) is 5.49. The number of nitrogens with one attached hydrogen (secondary N) is 1. The summed E-state index contributed by atoms with van der Waals surface area (Å²) in [5.41, 5.74) is 9.45. The van der Waals surface area contributed by atoms with E-state index in [1.54, 1.807) is 30.3 Å². The van der Waals surface area contributed by atoms with Gasteiger partial charge in [0.15, 0.2) is 0 Å². The van der Waals surface area contributed by atoms with Gasteiger partial charge in [0.1, 0.15) is 11.8 Å². The maximum atomic E-state index is 13.2. The SMILES string of the molecule is C[C@H](NC(=O)[C@H](Cc1ccc(-c2ccccc2)cc1)CP(=O)(O)[C@@H](N)c1ccccc1)C(=O)O. The van der Waals surface area contributed by atoms with Crippen LogP contribution in [0.25, 0.3) is 11.1 Å². The molecule has 8 heteroatoms. The number of carboxylic acid groups (broad SMARTS) is 1. The minimum absolute atomic E-state index is 0.166. The van der Waals surface area contributed by atoms with E-state index >= 15 is 0 Å². The molecule has 0 radical (unpaired) electrons. The number of aliphatic carboxylic acids is 1. The normalized spacial score (nSPS) is 15.5. The number of nitrogens with two attached hydrogens (primary N) is 1. The Kier molecular flexibility index (Phi) is 8.40. The summed E-state index contributed by atoms with van der Waals surface area (Å²) in [4.78, 5) is 35.0. The van der Waals surface area contributed by atoms with Crippen LogP contribution in [0.3, 0.4) is 0 Å². The van der Waals surface area contributed by atoms with Gasteiger partial charge in [-0.2, -0.15) is 0 Å². The smallest absolute Gasteiger partial charge is 0.325 e. The number of carbonyl (C=O) groups is 2. The maximum Gasteiger partial charge on any atom is 0.325 e. The van der Waals surface area contributed by atoms with Crippen molar-refractivity contribution in [3.63, 3.8) is 0 Å². The Morgan fingerprint density at radius 2 is 1.44 bits per heavy atom. The molecular formula is C26H29N2O5P. The molecule has 178 valence electrons. The van der Waals surface area contributed by atoms with Crippen LogP contribution in [-0.4, -0.2) is 34.1 Å². The average Bonchev–Trinajstić information content (AvgIpc) is 2.84. The lowest BCUT2D eigenvalue weighted by Gasteiger charge is -2.25. The van der Waals surface area contributed by atoms with Crippen LogP contribution < -0.4 is 11.1 Å². The highest BCUT2D eigenvalue weighted by Gasteiger charge is 2.35. The Labute approximate surface area is 199 Å². The van der Waals surface area contributed by atoms with Gasteiger partial charge in [-0.1, -0.05) is 84.9 Å². The minimum atomic E-state index is -4.01. The Morgan fingerprint density at radius 3 is 2.00 bits per heavy atom. The molecule has 3 aromatic carbocycles. The number of carbonyl (C=O) groups excluding carboxylic acids is 1. The van der Waals surface area contributed by atoms with Gasteiger partial charge in [0.05, 0.1) is 5.92 Å². The van der Waals surface area contributed by atoms with Gasteiger partial charge >= 0.3 is 5.97 Å². The Bertz CT molecular complexity index is 1150. The van der Waals surface area contributed by atoms with Gasteiger partial charge in [-0.25, -0.2) is 0 Å². The summed E-state index contributed by atoms with van der Waals surface area (Å²) in [7, 11) is -4.01. The maximum absolute atomic E-state index is 13.2. The zero-order chi connectivity index (χ0) is 24.7. The summed E-state index contributed by atoms with van der Waals surface area (Å²) < 4.78 is 13.2. The van der Waals surface area contributed by atoms with E-state index in [2.05, 4.69) is 5.32 Å². The van der Waals surface area contributed by atoms with Crippen LogP contribution in [-0.2, 0) is 20.6 Å². The highest BCUT2D eigenvalue weighted by atomic mass is 31.2. The number of hydrogen-bond acceptors (Lipinski definition) is 4. The van der Waals surface area contributed by atoms with Gasteiger partial charge < -0.3 is 21.1 Å². The lowest BCUT2D eigenvalue weighted by atomic mass is 9.97. The van der Waals surface area contributed by atoms with Crippen LogP contribution in [0.5, 0.6) is 0 Å². The molecule has 0 saturated heterocycles. The number of hydrogen-bond donors (Lipinski definition) is 4. The molecule has 0 spiro atoms. The van der Waals surface area contributed by atoms with E-state index < -0.39 is 37.0 Å². The molecule has 7 nitrogen and oxygen atoms in total. The zero-order valence-electron chi connectivity index (χ0n) is 18.9. The quantitative estimate of drug-likeness (QED) is 0.324. The molecule has 0 aliphatic heterocycles. The van der Waals surface area contributed by atoms with Crippen LogP contribution in [0, 0.1) is 5.92 Å². The largest absolute Gasteiger partial charge is 0.480 e. The third kappa shape index (κ3) is 6.64. The first-order chi connectivity index (χ1) is 16.2. The monoisotopic (exact) mass is 480 g/mol. The fraction of sp³-hybridized carbons (Fsp3) is 0.231. The topological polar surface area (TPSA) is 130 Å². The van der Waals surface area contributed by atoms with Gasteiger partial charge in [0.2, 0.25) is 13.3 Å². The van der Waals surface area contributed by atoms with E-state index in [-0.39, 0.29) is 12.6 Å². The van der Waals surface area contributed by atoms with Crippen LogP contribution in [0.4, 0.5) is 0 Å². The van der Waals surface area contributed by atoms with Crippen molar-refractivity contribution < 1.29 is 24.2 Å². The first kappa shape index (κ1) is 25.4. The number of amides is 1. The third-order valence-electron chi connectivity index (χ3n) is 5.70. The second-order valence-corrected chi connectivity index (χ2v) is 10.8. The number of rotatable bonds is 10. The predicted octanol–water partition coefficient (Wildman–Crippen LogP) is 4.03. The molecule has 5 N–H and O–H groups in total. The molecule has 0 aliphatic rings. The molecular weight excluding hydrogens is 451 g/mol. The summed E-state index contributed by atoms with van der Waals surface area (Å²) in [6.07, 6.45) is -0.207. The Hall–Kier alpha value is -3.25. The second kappa shape index (κ2) is 11.3. The molecule has 0 fully saturated rings. The zero-order valence-corrected chi connectivity index (χ0v) is 19.8. The highest BCUT2D eigenvalue weighted by molar-refractivity contribution is 7.58. The van der Waals surface area contributed by atoms with Crippen LogP contribution in [0.15, 0.2) is 84.9 Å². The first-order valence-electron chi connectivity index (χ1n) is 11.0. The van der Waals surface area contributed by atoms with Crippen LogP contribution >= 0.6 is 7.37 Å². The van der Waals surface area contributed by atoms with Crippen molar-refractivity contribution in [2.45, 2.75) is 25.2 Å². The van der Waals surface area contributed by atoms with Crippen molar-refractivity contribution in [2.24, 2.45) is 11.7 Å². The van der Waals surface area contributed by atoms with E-state index in [0.717, 1.165) is 16.7 Å². The van der Waals surface area contributed by atoms with E-state index in [0.29, 0.717) is 5.56 Å². The molecule has 0 bridgehead atoms. The molecule has 0 aliphatic carbocycles. The molecule has 3 rings (SSSR count). The van der Waals surface area contributed by atoms with E-state index in [1.807, 2.05) is 54.6 Å². The lowest BCUT2D eigenvalue weighted by molar-refractivity contribution is -0.141. The number of carboxylic acids is 1. The molecule has 1 unspecified atom stereocenters. The average molecular weight is 481 g/mol. The number of benzene rings is 3.